The van der Waals surface area contributed by atoms with Crippen LogP contribution in [0.5, 0.6) is 0 Å². The Morgan fingerprint density at radius 2 is 0.776 bits per heavy atom. The van der Waals surface area contributed by atoms with E-state index in [-0.39, 0.29) is 25.4 Å². The van der Waals surface area contributed by atoms with Crippen molar-refractivity contribution in [1.29, 1.82) is 0 Å². The minimum Gasteiger partial charge on any atom is -0.450 e. The maximum absolute atomic E-state index is 12.2. The molecule has 2 aliphatic heterocycles. The Bertz CT molecular complexity index is 1180. The van der Waals surface area contributed by atoms with Gasteiger partial charge in [0.05, 0.1) is 50.3 Å². The number of unbranched alkanes of at least 4 members (excludes halogenated alkanes) is 24. The van der Waals surface area contributed by atoms with Crippen molar-refractivity contribution in [3.63, 3.8) is 0 Å². The van der Waals surface area contributed by atoms with Crippen LogP contribution in [0, 0.1) is 0 Å². The number of hydrogen-bond donors (Lipinski definition) is 5. The lowest BCUT2D eigenvalue weighted by molar-refractivity contribution is -0.0282. The van der Waals surface area contributed by atoms with Gasteiger partial charge in [-0.05, 0) is 44.9 Å². The highest BCUT2D eigenvalue weighted by Crippen LogP contribution is 2.28. The molecule has 2 fully saturated rings. The molecule has 0 aromatic rings. The van der Waals surface area contributed by atoms with Gasteiger partial charge in [0.25, 0.3) is 0 Å². The van der Waals surface area contributed by atoms with Crippen LogP contribution in [0.3, 0.4) is 0 Å². The van der Waals surface area contributed by atoms with E-state index in [2.05, 4.69) is 42.2 Å². The first-order valence-electron chi connectivity index (χ1n) is 32.1. The molecule has 0 saturated carbocycles. The summed E-state index contributed by atoms with van der Waals surface area (Å²) in [5.74, 6) is 0. The van der Waals surface area contributed by atoms with Crippen LogP contribution in [0.15, 0.2) is 0 Å². The Labute approximate surface area is 467 Å². The molecule has 2 aliphatic rings. The summed E-state index contributed by atoms with van der Waals surface area (Å²) in [6.45, 7) is 21.7. The van der Waals surface area contributed by atoms with Crippen LogP contribution >= 0.6 is 0 Å². The number of nitrogens with zero attached hydrogens (tertiary/aromatic N) is 2. The van der Waals surface area contributed by atoms with Crippen molar-refractivity contribution < 1.29 is 58.8 Å². The van der Waals surface area contributed by atoms with Crippen molar-refractivity contribution in [3.8, 4) is 0 Å². The van der Waals surface area contributed by atoms with E-state index in [0.29, 0.717) is 65.3 Å². The summed E-state index contributed by atoms with van der Waals surface area (Å²) in [5, 5.41) is 51.0. The molecule has 0 bridgehead atoms. The fourth-order valence-electron chi connectivity index (χ4n) is 10.00. The highest BCUT2D eigenvalue weighted by atomic mass is 16.7. The molecule has 2 rings (SSSR count). The van der Waals surface area contributed by atoms with Crippen molar-refractivity contribution in [2.45, 2.75) is 323 Å². The van der Waals surface area contributed by atoms with Crippen LogP contribution in [-0.2, 0) is 23.7 Å². The number of rotatable bonds is 49. The highest BCUT2D eigenvalue weighted by molar-refractivity contribution is 5.60. The van der Waals surface area contributed by atoms with Crippen molar-refractivity contribution in [2.24, 2.45) is 0 Å². The van der Waals surface area contributed by atoms with Crippen LogP contribution < -0.4 is 0 Å². The second kappa shape index (κ2) is 57.9. The summed E-state index contributed by atoms with van der Waals surface area (Å²) in [7, 11) is 0. The molecule has 2 saturated heterocycles. The molecule has 7 unspecified atom stereocenters. The van der Waals surface area contributed by atoms with Gasteiger partial charge in [-0.25, -0.2) is 9.59 Å². The number of aliphatic hydroxyl groups excluding tert-OH is 4. The molecule has 14 heteroatoms. The first-order valence-corrected chi connectivity index (χ1v) is 32.1. The lowest BCUT2D eigenvalue weighted by Crippen LogP contribution is -2.39. The zero-order chi connectivity index (χ0) is 56.7. The summed E-state index contributed by atoms with van der Waals surface area (Å²) in [5.41, 5.74) is 0. The molecule has 14 nitrogen and oxygen atoms in total. The molecule has 0 spiro atoms. The van der Waals surface area contributed by atoms with Crippen molar-refractivity contribution in [1.82, 2.24) is 9.80 Å². The van der Waals surface area contributed by atoms with Crippen LogP contribution in [0.2, 0.25) is 0 Å². The minimum atomic E-state index is -1.25. The number of ether oxygens (including phenoxy) is 5. The van der Waals surface area contributed by atoms with Crippen LogP contribution in [0.4, 0.5) is 9.59 Å². The fraction of sp³-hybridized carbons (Fsp3) is 0.968. The molecule has 0 aromatic carbocycles. The zero-order valence-electron chi connectivity index (χ0n) is 50.8. The third kappa shape index (κ3) is 48.2. The molecule has 5 N–H and O–H groups in total. The Balaban J connectivity index is 0. The SMILES string of the molecule is CC.CC.CCCCCCCCCCC(O)CN(CCCOC(=O)O)CC(O)CCCCCCCCCC.CCCCCCCCCCC(O)CN(CCCOC(=O)OC1COC2CCOC21)CC(O)CCCCCC. The Morgan fingerprint density at radius 1 is 0.461 bits per heavy atom. The maximum atomic E-state index is 12.2. The van der Waals surface area contributed by atoms with Gasteiger partial charge in [0.15, 0.2) is 6.10 Å². The molecule has 0 aliphatic carbocycles. The normalized spacial score (nSPS) is 17.4. The van der Waals surface area contributed by atoms with Gasteiger partial charge >= 0.3 is 12.3 Å². The van der Waals surface area contributed by atoms with E-state index in [9.17, 15) is 30.0 Å². The summed E-state index contributed by atoms with van der Waals surface area (Å²) in [6.07, 6.45) is 35.5. The monoisotopic (exact) mass is 1090 g/mol. The average molecular weight is 1090 g/mol. The third-order valence-corrected chi connectivity index (χ3v) is 14.3. The van der Waals surface area contributed by atoms with Crippen LogP contribution in [0.1, 0.15) is 280 Å². The molecular weight excluding hydrogens is 965 g/mol. The number of hydrogen-bond acceptors (Lipinski definition) is 13. The van der Waals surface area contributed by atoms with Gasteiger partial charge < -0.3 is 49.2 Å². The quantitative estimate of drug-likeness (QED) is 0.0286. The van der Waals surface area contributed by atoms with E-state index in [1.165, 1.54) is 128 Å². The Morgan fingerprint density at radius 3 is 1.12 bits per heavy atom. The Kier molecular flexibility index (Phi) is 58.1. The number of carbonyl (C=O) groups is 2. The zero-order valence-corrected chi connectivity index (χ0v) is 50.8. The van der Waals surface area contributed by atoms with Gasteiger partial charge in [0, 0.05) is 45.9 Å². The van der Waals surface area contributed by atoms with E-state index < -0.39 is 42.8 Å². The van der Waals surface area contributed by atoms with Gasteiger partial charge in [-0.3, -0.25) is 9.80 Å². The van der Waals surface area contributed by atoms with Crippen LogP contribution in [-0.4, -0.2) is 156 Å². The van der Waals surface area contributed by atoms with Gasteiger partial charge in [-0.2, -0.15) is 0 Å². The van der Waals surface area contributed by atoms with E-state index in [1.807, 2.05) is 27.7 Å². The molecule has 76 heavy (non-hydrogen) atoms. The second-order valence-corrected chi connectivity index (χ2v) is 21.3. The molecule has 0 aromatic heterocycles. The third-order valence-electron chi connectivity index (χ3n) is 14.3. The molecule has 456 valence electrons. The maximum Gasteiger partial charge on any atom is 0.508 e. The topological polar surface area (TPSA) is 188 Å². The average Bonchev–Trinajstić information content (AvgIpc) is 4.04. The Hall–Kier alpha value is -1.78. The highest BCUT2D eigenvalue weighted by Gasteiger charge is 2.44. The lowest BCUT2D eigenvalue weighted by atomic mass is 10.0. The van der Waals surface area contributed by atoms with E-state index in [1.54, 1.807) is 0 Å². The fourth-order valence-corrected chi connectivity index (χ4v) is 10.00. The number of carboxylic acid groups (broad SMARTS) is 1. The minimum absolute atomic E-state index is 0.0204. The predicted molar refractivity (Wildman–Crippen MR) is 314 cm³/mol. The van der Waals surface area contributed by atoms with E-state index in [0.717, 1.165) is 83.5 Å². The summed E-state index contributed by atoms with van der Waals surface area (Å²) < 4.78 is 26.6. The van der Waals surface area contributed by atoms with Crippen molar-refractivity contribution >= 4 is 12.3 Å². The summed E-state index contributed by atoms with van der Waals surface area (Å²) in [6, 6.07) is 0. The lowest BCUT2D eigenvalue weighted by Gasteiger charge is -2.27. The standard InChI is InChI=1S/C30H57NO7.C28H57NO5.2C2H6/c1-3-5-7-9-10-11-12-14-17-26(33)23-31(22-25(32)16-13-8-6-4-2)19-15-20-36-30(34)38-28-24-37-27-18-21-35-29(27)28;1-3-5-7-9-11-13-15-17-20-26(30)24-29(22-19-23-34-28(32)33)25-27(31)21-18-16-14-12-10-8-6-4-2;2*1-2/h25-29,32-33H,3-24H2,1-2H3;26-27,30-31H,3-25H2,1-2H3,(H,32,33);2*1-2H3. The van der Waals surface area contributed by atoms with E-state index >= 15 is 0 Å². The smallest absolute Gasteiger partial charge is 0.450 e. The van der Waals surface area contributed by atoms with Gasteiger partial charge in [0.1, 0.15) is 6.10 Å². The molecule has 2 heterocycles. The number of fused-ring (bicyclic) bond motifs is 1. The van der Waals surface area contributed by atoms with Crippen molar-refractivity contribution in [2.75, 3.05) is 65.7 Å². The summed E-state index contributed by atoms with van der Waals surface area (Å²) >= 11 is 0. The second-order valence-electron chi connectivity index (χ2n) is 21.3. The summed E-state index contributed by atoms with van der Waals surface area (Å²) in [4.78, 5) is 26.9. The molecule has 7 atom stereocenters. The van der Waals surface area contributed by atoms with Crippen molar-refractivity contribution in [3.05, 3.63) is 0 Å². The first kappa shape index (κ1) is 76.3. The predicted octanol–water partition coefficient (Wildman–Crippen LogP) is 14.8. The number of carbonyl (C=O) groups excluding carboxylic acids is 1. The van der Waals surface area contributed by atoms with Gasteiger partial charge in [-0.1, -0.05) is 235 Å². The molecule has 0 radical (unpaired) electrons. The van der Waals surface area contributed by atoms with Gasteiger partial charge in [-0.15, -0.1) is 0 Å². The van der Waals surface area contributed by atoms with Gasteiger partial charge in [0.2, 0.25) is 0 Å². The first-order chi connectivity index (χ1) is 37.0. The molecule has 0 amide bonds. The van der Waals surface area contributed by atoms with E-state index in [4.69, 9.17) is 24.1 Å². The van der Waals surface area contributed by atoms with Crippen LogP contribution in [0.25, 0.3) is 0 Å². The molecular formula is C62H126N2O12. The largest absolute Gasteiger partial charge is 0.508 e. The number of aliphatic hydroxyl groups is 4.